The third kappa shape index (κ3) is 3.02. The molecule has 15 heavy (non-hydrogen) atoms. The molecule has 1 rings (SSSR count). The number of phenolic OH excluding ortho intramolecular Hbond substituents is 1. The normalized spacial score (nSPS) is 11.1. The number of aromatic hydroxyl groups is 1. The van der Waals surface area contributed by atoms with E-state index in [1.54, 1.807) is 0 Å². The van der Waals surface area contributed by atoms with Gasteiger partial charge in [-0.05, 0) is 0 Å². The predicted molar refractivity (Wildman–Crippen MR) is 51.8 cm³/mol. The molecule has 0 radical (unpaired) electrons. The number of phenols is 1. The van der Waals surface area contributed by atoms with Gasteiger partial charge in [0.25, 0.3) is 0 Å². The number of benzene rings is 1. The van der Waals surface area contributed by atoms with Crippen molar-refractivity contribution in [2.75, 3.05) is 5.32 Å². The standard InChI is InChI=1S/C7H9AsN2O5/c9-7(12)10-5-3-4(8(13,14)15)1-2-6(5)11/h1-3,11H,(H3,9,10,12)(H2,13,14,15). The van der Waals surface area contributed by atoms with Gasteiger partial charge in [0, 0.05) is 0 Å². The Bertz CT molecular complexity index is 441. The van der Waals surface area contributed by atoms with Crippen molar-refractivity contribution >= 4 is 30.2 Å². The summed E-state index contributed by atoms with van der Waals surface area (Å²) in [7, 11) is 0. The van der Waals surface area contributed by atoms with Crippen molar-refractivity contribution in [1.82, 2.24) is 0 Å². The number of amides is 2. The second-order valence-corrected chi connectivity index (χ2v) is 6.10. The molecule has 2 amide bonds. The van der Waals surface area contributed by atoms with Crippen LogP contribution in [0.5, 0.6) is 5.75 Å². The van der Waals surface area contributed by atoms with Crippen LogP contribution in [0.4, 0.5) is 10.5 Å². The Morgan fingerprint density at radius 2 is 2.00 bits per heavy atom. The summed E-state index contributed by atoms with van der Waals surface area (Å²) in [6.45, 7) is 0. The average molecular weight is 276 g/mol. The number of hydrogen-bond donors (Lipinski definition) is 5. The first-order chi connectivity index (χ1) is 6.80. The maximum atomic E-state index is 10.9. The molecule has 0 fully saturated rings. The van der Waals surface area contributed by atoms with E-state index in [2.05, 4.69) is 0 Å². The topological polar surface area (TPSA) is 133 Å². The minimum atomic E-state index is -5.02. The van der Waals surface area contributed by atoms with Crippen LogP contribution in [-0.2, 0) is 3.74 Å². The van der Waals surface area contributed by atoms with Crippen molar-refractivity contribution in [2.45, 2.75) is 0 Å². The second-order valence-electron chi connectivity index (χ2n) is 2.73. The molecule has 0 saturated heterocycles. The molecule has 1 aromatic carbocycles. The van der Waals surface area contributed by atoms with Gasteiger partial charge in [-0.2, -0.15) is 0 Å². The van der Waals surface area contributed by atoms with Gasteiger partial charge < -0.3 is 0 Å². The van der Waals surface area contributed by atoms with Crippen molar-refractivity contribution in [3.8, 4) is 5.75 Å². The van der Waals surface area contributed by atoms with Gasteiger partial charge in [-0.15, -0.1) is 0 Å². The number of carbonyl (C=O) groups is 1. The Morgan fingerprint density at radius 3 is 2.47 bits per heavy atom. The molecule has 0 spiro atoms. The van der Waals surface area contributed by atoms with Crippen LogP contribution in [0.2, 0.25) is 0 Å². The van der Waals surface area contributed by atoms with Gasteiger partial charge in [0.1, 0.15) is 0 Å². The molecular formula is C7H9AsN2O5. The summed E-state index contributed by atoms with van der Waals surface area (Å²) in [5, 5.41) is 11.3. The summed E-state index contributed by atoms with van der Waals surface area (Å²) in [6.07, 6.45) is 0. The van der Waals surface area contributed by atoms with Gasteiger partial charge in [0.05, 0.1) is 0 Å². The van der Waals surface area contributed by atoms with Gasteiger partial charge in [-0.25, -0.2) is 0 Å². The van der Waals surface area contributed by atoms with Crippen LogP contribution in [0.15, 0.2) is 18.2 Å². The third-order valence-corrected chi connectivity index (χ3v) is 3.57. The monoisotopic (exact) mass is 276 g/mol. The molecule has 8 heteroatoms. The maximum absolute atomic E-state index is 10.9. The van der Waals surface area contributed by atoms with E-state index in [0.29, 0.717) is 0 Å². The van der Waals surface area contributed by atoms with E-state index in [4.69, 9.17) is 13.9 Å². The first-order valence-corrected chi connectivity index (χ1v) is 7.14. The third-order valence-electron chi connectivity index (χ3n) is 1.57. The molecule has 0 aliphatic rings. The first-order valence-electron chi connectivity index (χ1n) is 3.76. The fourth-order valence-electron chi connectivity index (χ4n) is 0.938. The Morgan fingerprint density at radius 1 is 1.40 bits per heavy atom. The summed E-state index contributed by atoms with van der Waals surface area (Å²) in [6, 6.07) is 2.21. The summed E-state index contributed by atoms with van der Waals surface area (Å²) < 4.78 is 28.4. The Balaban J connectivity index is 3.17. The number of urea groups is 1. The molecule has 0 atom stereocenters. The zero-order valence-electron chi connectivity index (χ0n) is 7.41. The number of primary amides is 1. The van der Waals surface area contributed by atoms with E-state index < -0.39 is 20.2 Å². The van der Waals surface area contributed by atoms with Crippen LogP contribution in [0.1, 0.15) is 0 Å². The van der Waals surface area contributed by atoms with Crippen LogP contribution in [0, 0.1) is 0 Å². The van der Waals surface area contributed by atoms with Gasteiger partial charge in [0.15, 0.2) is 0 Å². The number of rotatable bonds is 2. The van der Waals surface area contributed by atoms with Crippen LogP contribution in [-0.4, -0.2) is 33.5 Å². The van der Waals surface area contributed by atoms with Gasteiger partial charge >= 0.3 is 87.1 Å². The molecule has 0 aliphatic heterocycles. The van der Waals surface area contributed by atoms with Crippen molar-refractivity contribution in [2.24, 2.45) is 5.73 Å². The van der Waals surface area contributed by atoms with E-state index in [-0.39, 0.29) is 15.8 Å². The van der Waals surface area contributed by atoms with E-state index >= 15 is 0 Å². The zero-order valence-corrected chi connectivity index (χ0v) is 9.29. The van der Waals surface area contributed by atoms with Gasteiger partial charge in [0.2, 0.25) is 0 Å². The Labute approximate surface area is 87.5 Å². The number of anilines is 1. The fourth-order valence-corrected chi connectivity index (χ4v) is 2.13. The summed E-state index contributed by atoms with van der Waals surface area (Å²) in [5.41, 5.74) is 4.67. The van der Waals surface area contributed by atoms with Crippen molar-refractivity contribution in [1.29, 1.82) is 0 Å². The summed E-state index contributed by atoms with van der Waals surface area (Å²) in [5.74, 6) is -0.318. The molecule has 1 aromatic rings. The molecule has 82 valence electrons. The summed E-state index contributed by atoms with van der Waals surface area (Å²) >= 11 is -5.02. The number of carbonyl (C=O) groups excluding carboxylic acids is 1. The van der Waals surface area contributed by atoms with E-state index in [1.165, 1.54) is 0 Å². The molecular weight excluding hydrogens is 267 g/mol. The van der Waals surface area contributed by atoms with Crippen LogP contribution in [0.25, 0.3) is 0 Å². The molecule has 0 heterocycles. The second kappa shape index (κ2) is 3.98. The molecule has 6 N–H and O–H groups in total. The quantitative estimate of drug-likeness (QED) is 0.329. The molecule has 0 aromatic heterocycles. The Hall–Kier alpha value is -1.43. The van der Waals surface area contributed by atoms with E-state index in [1.807, 2.05) is 5.32 Å². The van der Waals surface area contributed by atoms with Crippen LogP contribution in [0.3, 0.4) is 0 Å². The first kappa shape index (κ1) is 11.6. The van der Waals surface area contributed by atoms with E-state index in [9.17, 15) is 13.6 Å². The molecule has 0 saturated carbocycles. The fraction of sp³-hybridized carbons (Fsp3) is 0. The number of nitrogens with one attached hydrogen (secondary N) is 1. The summed E-state index contributed by atoms with van der Waals surface area (Å²) in [4.78, 5) is 10.5. The van der Waals surface area contributed by atoms with E-state index in [0.717, 1.165) is 18.2 Å². The van der Waals surface area contributed by atoms with Gasteiger partial charge in [-0.1, -0.05) is 0 Å². The van der Waals surface area contributed by atoms with Crippen LogP contribution >= 0.6 is 0 Å². The molecule has 7 nitrogen and oxygen atoms in total. The number of hydrogen-bond acceptors (Lipinski definition) is 3. The van der Waals surface area contributed by atoms with Crippen molar-refractivity contribution < 1.29 is 21.8 Å². The molecule has 0 bridgehead atoms. The average Bonchev–Trinajstić information content (AvgIpc) is 2.06. The Kier molecular flexibility index (Phi) is 3.09. The molecule has 0 aliphatic carbocycles. The van der Waals surface area contributed by atoms with Gasteiger partial charge in [-0.3, -0.25) is 0 Å². The minimum absolute atomic E-state index is 0.135. The van der Waals surface area contributed by atoms with Crippen molar-refractivity contribution in [3.05, 3.63) is 18.2 Å². The zero-order chi connectivity index (χ0) is 11.6. The van der Waals surface area contributed by atoms with Crippen molar-refractivity contribution in [3.63, 3.8) is 0 Å². The van der Waals surface area contributed by atoms with Crippen LogP contribution < -0.4 is 15.4 Å². The molecule has 0 unspecified atom stereocenters. The number of nitrogens with two attached hydrogens (primary N) is 1. The SMILES string of the molecule is NC(=O)Nc1cc([As](=O)(O)O)ccc1O. The predicted octanol–water partition coefficient (Wildman–Crippen LogP) is -1.56.